The fraction of sp³-hybridized carbons (Fsp3) is 0.241. The number of rotatable bonds is 7. The Hall–Kier alpha value is -4.66. The van der Waals surface area contributed by atoms with Gasteiger partial charge in [0.25, 0.3) is 5.69 Å². The van der Waals surface area contributed by atoms with Gasteiger partial charge < -0.3 is 4.74 Å². The minimum Gasteiger partial charge on any atom is -0.454 e. The number of esters is 1. The third-order valence-electron chi connectivity index (χ3n) is 7.27. The molecule has 1 saturated heterocycles. The number of Topliss-reactive ketones (excluding diaryl/α,β-unsaturated/α-hetero) is 1. The SMILES string of the molecule is O=C(COC(=O)c1cccc(N2C(=O)[C@@H]3CC[C@@H](c4ccccc4)C[C@H]3C2=O)c1)c1ccc([N+](=O)[O-])cc1. The normalized spacial score (nSPS) is 20.6. The van der Waals surface area contributed by atoms with Crippen LogP contribution in [0.25, 0.3) is 0 Å². The number of nitrogens with zero attached hydrogens (tertiary/aromatic N) is 2. The zero-order chi connectivity index (χ0) is 26.8. The Morgan fingerprint density at radius 1 is 0.868 bits per heavy atom. The van der Waals surface area contributed by atoms with E-state index in [1.54, 1.807) is 12.1 Å². The molecule has 0 spiro atoms. The molecular weight excluding hydrogens is 488 g/mol. The number of nitro benzene ring substituents is 1. The molecule has 192 valence electrons. The van der Waals surface area contributed by atoms with Crippen molar-refractivity contribution in [2.24, 2.45) is 11.8 Å². The molecule has 9 heteroatoms. The van der Waals surface area contributed by atoms with Gasteiger partial charge in [0.15, 0.2) is 12.4 Å². The van der Waals surface area contributed by atoms with Crippen LogP contribution >= 0.6 is 0 Å². The summed E-state index contributed by atoms with van der Waals surface area (Å²) in [5.74, 6) is -2.41. The van der Waals surface area contributed by atoms with E-state index in [1.807, 2.05) is 30.3 Å². The topological polar surface area (TPSA) is 124 Å². The molecule has 1 aliphatic carbocycles. The summed E-state index contributed by atoms with van der Waals surface area (Å²) < 4.78 is 5.14. The number of non-ortho nitro benzene ring substituents is 1. The Kier molecular flexibility index (Phi) is 6.83. The summed E-state index contributed by atoms with van der Waals surface area (Å²) in [6.45, 7) is -0.562. The van der Waals surface area contributed by atoms with Crippen molar-refractivity contribution in [3.63, 3.8) is 0 Å². The maximum absolute atomic E-state index is 13.3. The van der Waals surface area contributed by atoms with Gasteiger partial charge >= 0.3 is 5.97 Å². The van der Waals surface area contributed by atoms with Gasteiger partial charge in [0, 0.05) is 17.7 Å². The van der Waals surface area contributed by atoms with E-state index in [4.69, 9.17) is 4.74 Å². The van der Waals surface area contributed by atoms with Crippen LogP contribution in [0.2, 0.25) is 0 Å². The Labute approximate surface area is 218 Å². The molecule has 1 saturated carbocycles. The van der Waals surface area contributed by atoms with E-state index >= 15 is 0 Å². The van der Waals surface area contributed by atoms with Crippen LogP contribution in [0.5, 0.6) is 0 Å². The number of ketones is 1. The number of amides is 2. The van der Waals surface area contributed by atoms with Crippen molar-refractivity contribution in [2.45, 2.75) is 25.2 Å². The van der Waals surface area contributed by atoms with Gasteiger partial charge in [-0.3, -0.25) is 29.4 Å². The molecule has 3 atom stereocenters. The molecule has 38 heavy (non-hydrogen) atoms. The molecule has 0 N–H and O–H groups in total. The summed E-state index contributed by atoms with van der Waals surface area (Å²) in [7, 11) is 0. The van der Waals surface area contributed by atoms with Gasteiger partial charge in [0.2, 0.25) is 11.8 Å². The molecular formula is C29H24N2O7. The van der Waals surface area contributed by atoms with Gasteiger partial charge in [-0.25, -0.2) is 4.79 Å². The summed E-state index contributed by atoms with van der Waals surface area (Å²) in [6, 6.07) is 21.0. The zero-order valence-corrected chi connectivity index (χ0v) is 20.3. The van der Waals surface area contributed by atoms with Crippen molar-refractivity contribution >= 4 is 34.9 Å². The maximum atomic E-state index is 13.3. The molecule has 0 aromatic heterocycles. The lowest BCUT2D eigenvalue weighted by Crippen LogP contribution is -2.31. The zero-order valence-electron chi connectivity index (χ0n) is 20.3. The Morgan fingerprint density at radius 2 is 1.58 bits per heavy atom. The fourth-order valence-electron chi connectivity index (χ4n) is 5.30. The molecule has 0 radical (unpaired) electrons. The molecule has 2 fully saturated rings. The van der Waals surface area contributed by atoms with E-state index < -0.39 is 29.2 Å². The summed E-state index contributed by atoms with van der Waals surface area (Å²) in [6.07, 6.45) is 2.05. The molecule has 1 aliphatic heterocycles. The Morgan fingerprint density at radius 3 is 2.29 bits per heavy atom. The van der Waals surface area contributed by atoms with Crippen LogP contribution in [-0.2, 0) is 14.3 Å². The number of anilines is 1. The first-order chi connectivity index (χ1) is 18.3. The average molecular weight is 513 g/mol. The van der Waals surface area contributed by atoms with Crippen molar-refractivity contribution < 1.29 is 28.8 Å². The number of hydrogen-bond acceptors (Lipinski definition) is 7. The van der Waals surface area contributed by atoms with Crippen LogP contribution in [0.4, 0.5) is 11.4 Å². The summed E-state index contributed by atoms with van der Waals surface area (Å²) >= 11 is 0. The first-order valence-electron chi connectivity index (χ1n) is 12.3. The second-order valence-corrected chi connectivity index (χ2v) is 9.50. The number of benzene rings is 3. The van der Waals surface area contributed by atoms with Crippen LogP contribution in [-0.4, -0.2) is 35.1 Å². The second kappa shape index (κ2) is 10.4. The van der Waals surface area contributed by atoms with Crippen molar-refractivity contribution in [1.82, 2.24) is 0 Å². The van der Waals surface area contributed by atoms with Crippen LogP contribution in [0.15, 0.2) is 78.9 Å². The number of carbonyl (C=O) groups excluding carboxylic acids is 4. The fourth-order valence-corrected chi connectivity index (χ4v) is 5.30. The van der Waals surface area contributed by atoms with Gasteiger partial charge in [0.05, 0.1) is 28.0 Å². The molecule has 9 nitrogen and oxygen atoms in total. The number of ether oxygens (including phenoxy) is 1. The largest absolute Gasteiger partial charge is 0.454 e. The van der Waals surface area contributed by atoms with Crippen molar-refractivity contribution in [1.29, 1.82) is 0 Å². The maximum Gasteiger partial charge on any atom is 0.338 e. The minimum absolute atomic E-state index is 0.0941. The minimum atomic E-state index is -0.789. The van der Waals surface area contributed by atoms with E-state index in [1.165, 1.54) is 41.3 Å². The lowest BCUT2D eigenvalue weighted by Gasteiger charge is -2.28. The number of fused-ring (bicyclic) bond motifs is 1. The number of carbonyl (C=O) groups is 4. The third-order valence-corrected chi connectivity index (χ3v) is 7.27. The Bertz CT molecular complexity index is 1420. The van der Waals surface area contributed by atoms with Crippen molar-refractivity contribution in [2.75, 3.05) is 11.5 Å². The lowest BCUT2D eigenvalue weighted by atomic mass is 9.73. The molecule has 0 bridgehead atoms. The lowest BCUT2D eigenvalue weighted by molar-refractivity contribution is -0.384. The third kappa shape index (κ3) is 4.82. The van der Waals surface area contributed by atoms with Gasteiger partial charge in [-0.05, 0) is 61.1 Å². The van der Waals surface area contributed by atoms with Crippen LogP contribution < -0.4 is 4.90 Å². The first kappa shape index (κ1) is 25.0. The van der Waals surface area contributed by atoms with E-state index in [0.717, 1.165) is 12.0 Å². The van der Waals surface area contributed by atoms with Gasteiger partial charge in [-0.1, -0.05) is 36.4 Å². The highest BCUT2D eigenvalue weighted by Gasteiger charge is 2.50. The molecule has 2 amide bonds. The highest BCUT2D eigenvalue weighted by Crippen LogP contribution is 2.45. The molecule has 2 aliphatic rings. The second-order valence-electron chi connectivity index (χ2n) is 9.50. The molecule has 0 unspecified atom stereocenters. The standard InChI is InChI=1S/C29H24N2O7/c32-26(19-9-12-22(13-10-19)31(36)37)17-38-29(35)21-7-4-8-23(15-21)30-27(33)24-14-11-20(16-25(24)28(30)34)18-5-2-1-3-6-18/h1-10,12-13,15,20,24-25H,11,14,16-17H2/t20-,24-,25-/m1/s1. The van der Waals surface area contributed by atoms with E-state index in [2.05, 4.69) is 0 Å². The predicted octanol–water partition coefficient (Wildman–Crippen LogP) is 4.71. The van der Waals surface area contributed by atoms with Crippen molar-refractivity contribution in [3.8, 4) is 0 Å². The number of nitro groups is 1. The molecule has 3 aromatic rings. The highest BCUT2D eigenvalue weighted by molar-refractivity contribution is 6.22. The predicted molar refractivity (Wildman–Crippen MR) is 137 cm³/mol. The highest BCUT2D eigenvalue weighted by atomic mass is 16.6. The quantitative estimate of drug-likeness (QED) is 0.148. The van der Waals surface area contributed by atoms with E-state index in [9.17, 15) is 29.3 Å². The van der Waals surface area contributed by atoms with Gasteiger partial charge in [-0.15, -0.1) is 0 Å². The van der Waals surface area contributed by atoms with E-state index in [-0.39, 0.29) is 40.5 Å². The smallest absolute Gasteiger partial charge is 0.338 e. The van der Waals surface area contributed by atoms with Crippen molar-refractivity contribution in [3.05, 3.63) is 106 Å². The van der Waals surface area contributed by atoms with Crippen LogP contribution in [0, 0.1) is 22.0 Å². The number of imide groups is 1. The average Bonchev–Trinajstić information content (AvgIpc) is 3.20. The summed E-state index contributed by atoms with van der Waals surface area (Å²) in [4.78, 5) is 62.9. The molecule has 5 rings (SSSR count). The Balaban J connectivity index is 1.26. The van der Waals surface area contributed by atoms with Crippen LogP contribution in [0.3, 0.4) is 0 Å². The van der Waals surface area contributed by atoms with Gasteiger partial charge in [0.1, 0.15) is 0 Å². The molecule has 3 aromatic carbocycles. The van der Waals surface area contributed by atoms with Crippen LogP contribution in [0.1, 0.15) is 51.5 Å². The first-order valence-corrected chi connectivity index (χ1v) is 12.3. The molecule has 1 heterocycles. The number of hydrogen-bond donors (Lipinski definition) is 0. The summed E-state index contributed by atoms with van der Waals surface area (Å²) in [5, 5.41) is 10.8. The summed E-state index contributed by atoms with van der Waals surface area (Å²) in [5.41, 5.74) is 1.56. The van der Waals surface area contributed by atoms with Gasteiger partial charge in [-0.2, -0.15) is 0 Å². The van der Waals surface area contributed by atoms with E-state index in [0.29, 0.717) is 18.5 Å². The monoisotopic (exact) mass is 512 g/mol.